The molecule has 1 atom stereocenters. The van der Waals surface area contributed by atoms with Gasteiger partial charge in [-0.3, -0.25) is 9.59 Å². The molecule has 1 fully saturated rings. The molecular formula is C26H32N4O4. The topological polar surface area (TPSA) is 114 Å². The van der Waals surface area contributed by atoms with E-state index in [1.165, 1.54) is 0 Å². The lowest BCUT2D eigenvalue weighted by Crippen LogP contribution is -2.46. The first-order valence-corrected chi connectivity index (χ1v) is 11.5. The van der Waals surface area contributed by atoms with Crippen molar-refractivity contribution in [2.45, 2.75) is 52.3 Å². The maximum Gasteiger partial charge on any atom is 0.435 e. The molecule has 3 amide bonds. The van der Waals surface area contributed by atoms with E-state index in [-0.39, 0.29) is 30.2 Å². The minimum Gasteiger partial charge on any atom is -0.443 e. The summed E-state index contributed by atoms with van der Waals surface area (Å²) in [6.45, 7) is 5.08. The molecule has 0 spiro atoms. The molecule has 2 aromatic carbocycles. The molecule has 1 saturated heterocycles. The van der Waals surface area contributed by atoms with Crippen LogP contribution < -0.4 is 11.1 Å². The minimum absolute atomic E-state index is 0.0362. The number of amides is 3. The van der Waals surface area contributed by atoms with Crippen molar-refractivity contribution in [2.24, 2.45) is 16.6 Å². The molecule has 0 bridgehead atoms. The van der Waals surface area contributed by atoms with Crippen molar-refractivity contribution in [1.82, 2.24) is 10.2 Å². The van der Waals surface area contributed by atoms with Crippen molar-refractivity contribution in [1.29, 1.82) is 0 Å². The minimum atomic E-state index is -0.758. The average Bonchev–Trinajstić information content (AvgIpc) is 3.32. The third kappa shape index (κ3) is 7.16. The molecular weight excluding hydrogens is 432 g/mol. The van der Waals surface area contributed by atoms with E-state index in [4.69, 9.17) is 10.5 Å². The van der Waals surface area contributed by atoms with E-state index in [1.807, 2.05) is 56.3 Å². The molecule has 180 valence electrons. The van der Waals surface area contributed by atoms with Gasteiger partial charge in [0.05, 0.1) is 0 Å². The zero-order valence-electron chi connectivity index (χ0n) is 19.7. The number of likely N-dealkylation sites (tertiary alicyclic amines) is 1. The summed E-state index contributed by atoms with van der Waals surface area (Å²) in [5, 5.41) is 2.92. The Labute approximate surface area is 200 Å². The molecule has 8 nitrogen and oxygen atoms in total. The summed E-state index contributed by atoms with van der Waals surface area (Å²) >= 11 is 0. The van der Waals surface area contributed by atoms with E-state index in [9.17, 15) is 14.4 Å². The molecule has 1 heterocycles. The molecule has 8 heteroatoms. The largest absolute Gasteiger partial charge is 0.443 e. The van der Waals surface area contributed by atoms with Crippen LogP contribution in [0.4, 0.5) is 4.79 Å². The van der Waals surface area contributed by atoms with Crippen LogP contribution in [-0.4, -0.2) is 41.2 Å². The maximum absolute atomic E-state index is 12.7. The van der Waals surface area contributed by atoms with Gasteiger partial charge in [0, 0.05) is 25.1 Å². The molecule has 1 aliphatic rings. The van der Waals surface area contributed by atoms with E-state index in [1.54, 1.807) is 17.0 Å². The monoisotopic (exact) mass is 464 g/mol. The van der Waals surface area contributed by atoms with Gasteiger partial charge in [-0.05, 0) is 29.9 Å². The first-order valence-electron chi connectivity index (χ1n) is 11.5. The van der Waals surface area contributed by atoms with Gasteiger partial charge >= 0.3 is 6.09 Å². The van der Waals surface area contributed by atoms with Crippen LogP contribution >= 0.6 is 0 Å². The van der Waals surface area contributed by atoms with E-state index in [0.29, 0.717) is 31.5 Å². The summed E-state index contributed by atoms with van der Waals surface area (Å²) in [6, 6.07) is 16.0. The lowest BCUT2D eigenvalue weighted by molar-refractivity contribution is -0.139. The molecule has 0 radical (unpaired) electrons. The van der Waals surface area contributed by atoms with E-state index in [2.05, 4.69) is 10.3 Å². The summed E-state index contributed by atoms with van der Waals surface area (Å²) in [4.78, 5) is 42.5. The van der Waals surface area contributed by atoms with Gasteiger partial charge in [-0.15, -0.1) is 0 Å². The predicted molar refractivity (Wildman–Crippen MR) is 130 cm³/mol. The number of carbonyl (C=O) groups excluding carboxylic acids is 3. The van der Waals surface area contributed by atoms with Crippen LogP contribution in [0.5, 0.6) is 0 Å². The number of hydrogen-bond donors (Lipinski definition) is 2. The van der Waals surface area contributed by atoms with E-state index in [0.717, 1.165) is 17.5 Å². The summed E-state index contributed by atoms with van der Waals surface area (Å²) in [6.07, 6.45) is 1.21. The third-order valence-electron chi connectivity index (χ3n) is 5.59. The SMILES string of the molecule is CC(C)CC(=O)N1CCC[C@H]1C(=O)NCc1ccc(/C(N)=N/C(=O)OCc2ccccc2)cc1. The van der Waals surface area contributed by atoms with Gasteiger partial charge in [-0.25, -0.2) is 4.79 Å². The van der Waals surface area contributed by atoms with Gasteiger partial charge in [-0.1, -0.05) is 68.4 Å². The highest BCUT2D eigenvalue weighted by atomic mass is 16.5. The summed E-state index contributed by atoms with van der Waals surface area (Å²) < 4.78 is 5.12. The molecule has 2 aromatic rings. The Bertz CT molecular complexity index is 1020. The van der Waals surface area contributed by atoms with Crippen LogP contribution in [0.25, 0.3) is 0 Å². The fraction of sp³-hybridized carbons (Fsp3) is 0.385. The Morgan fingerprint density at radius 2 is 1.79 bits per heavy atom. The Balaban J connectivity index is 1.50. The van der Waals surface area contributed by atoms with E-state index < -0.39 is 12.1 Å². The summed E-state index contributed by atoms with van der Waals surface area (Å²) in [7, 11) is 0. The van der Waals surface area contributed by atoms with Gasteiger partial charge in [0.1, 0.15) is 18.5 Å². The van der Waals surface area contributed by atoms with E-state index >= 15 is 0 Å². The molecule has 0 unspecified atom stereocenters. The third-order valence-corrected chi connectivity index (χ3v) is 5.59. The smallest absolute Gasteiger partial charge is 0.435 e. The molecule has 1 aliphatic heterocycles. The van der Waals surface area contributed by atoms with Gasteiger partial charge in [0.15, 0.2) is 0 Å². The first-order chi connectivity index (χ1) is 16.3. The Morgan fingerprint density at radius 1 is 1.09 bits per heavy atom. The van der Waals surface area contributed by atoms with Crippen LogP contribution in [-0.2, 0) is 27.5 Å². The van der Waals surface area contributed by atoms with Crippen LogP contribution in [0.2, 0.25) is 0 Å². The van der Waals surface area contributed by atoms with Crippen molar-refractivity contribution in [2.75, 3.05) is 6.54 Å². The van der Waals surface area contributed by atoms with Gasteiger partial charge in [-0.2, -0.15) is 4.99 Å². The number of nitrogens with zero attached hydrogens (tertiary/aromatic N) is 2. The second-order valence-electron chi connectivity index (χ2n) is 8.80. The number of hydrogen-bond acceptors (Lipinski definition) is 4. The lowest BCUT2D eigenvalue weighted by Gasteiger charge is -2.24. The molecule has 3 N–H and O–H groups in total. The summed E-state index contributed by atoms with van der Waals surface area (Å²) in [5.74, 6) is 0.214. The second kappa shape index (κ2) is 12.0. The maximum atomic E-state index is 12.7. The first kappa shape index (κ1) is 25.0. The normalized spacial score (nSPS) is 15.9. The Hall–Kier alpha value is -3.68. The molecule has 34 heavy (non-hydrogen) atoms. The van der Waals surface area contributed by atoms with Crippen molar-refractivity contribution >= 4 is 23.7 Å². The number of nitrogens with one attached hydrogen (secondary N) is 1. The molecule has 0 aliphatic carbocycles. The van der Waals surface area contributed by atoms with Crippen LogP contribution in [0.3, 0.4) is 0 Å². The zero-order valence-corrected chi connectivity index (χ0v) is 19.7. The highest BCUT2D eigenvalue weighted by molar-refractivity contribution is 6.02. The average molecular weight is 465 g/mol. The number of rotatable bonds is 8. The van der Waals surface area contributed by atoms with Crippen molar-refractivity contribution in [3.05, 3.63) is 71.3 Å². The number of nitrogens with two attached hydrogens (primary N) is 1. The highest BCUT2D eigenvalue weighted by Crippen LogP contribution is 2.20. The fourth-order valence-corrected chi connectivity index (χ4v) is 3.82. The number of ether oxygens (including phenoxy) is 1. The Morgan fingerprint density at radius 3 is 2.47 bits per heavy atom. The number of amidine groups is 1. The van der Waals surface area contributed by atoms with Gasteiger partial charge in [0.2, 0.25) is 11.8 Å². The summed E-state index contributed by atoms with van der Waals surface area (Å²) in [5.41, 5.74) is 8.25. The molecule has 3 rings (SSSR count). The Kier molecular flexibility index (Phi) is 8.79. The van der Waals surface area contributed by atoms with Gasteiger partial charge < -0.3 is 20.7 Å². The predicted octanol–water partition coefficient (Wildman–Crippen LogP) is 3.38. The second-order valence-corrected chi connectivity index (χ2v) is 8.80. The van der Waals surface area contributed by atoms with Crippen molar-refractivity contribution in [3.63, 3.8) is 0 Å². The highest BCUT2D eigenvalue weighted by Gasteiger charge is 2.33. The van der Waals surface area contributed by atoms with Crippen LogP contribution in [0.1, 0.15) is 49.8 Å². The van der Waals surface area contributed by atoms with Crippen molar-refractivity contribution in [3.8, 4) is 0 Å². The van der Waals surface area contributed by atoms with Crippen LogP contribution in [0.15, 0.2) is 59.6 Å². The zero-order chi connectivity index (χ0) is 24.5. The van der Waals surface area contributed by atoms with Gasteiger partial charge in [0.25, 0.3) is 0 Å². The molecule has 0 saturated carbocycles. The van der Waals surface area contributed by atoms with Crippen LogP contribution in [0, 0.1) is 5.92 Å². The fourth-order valence-electron chi connectivity index (χ4n) is 3.82. The standard InChI is InChI=1S/C26H32N4O4/c1-18(2)15-23(31)30-14-6-9-22(30)25(32)28-16-19-10-12-21(13-11-19)24(27)29-26(33)34-17-20-7-4-3-5-8-20/h3-5,7-8,10-13,18,22H,6,9,14-17H2,1-2H3,(H,28,32)(H2,27,29,33)/t22-/m0/s1. The number of carbonyl (C=O) groups is 3. The quantitative estimate of drug-likeness (QED) is 0.459. The molecule has 0 aromatic heterocycles. The lowest BCUT2D eigenvalue weighted by atomic mass is 10.1. The number of aliphatic imine (C=N–C) groups is 1. The number of benzene rings is 2. The van der Waals surface area contributed by atoms with Crippen molar-refractivity contribution < 1.29 is 19.1 Å².